The largest absolute Gasteiger partial charge is 0.381 e. The Morgan fingerprint density at radius 2 is 2.58 bits per heavy atom. The molecule has 0 radical (unpaired) electrons. The molecule has 0 aliphatic carbocycles. The van der Waals surface area contributed by atoms with Gasteiger partial charge in [-0.2, -0.15) is 0 Å². The molecule has 5 heteroatoms. The van der Waals surface area contributed by atoms with Crippen molar-refractivity contribution in [2.24, 2.45) is 5.92 Å². The molecule has 1 aliphatic heterocycles. The van der Waals surface area contributed by atoms with Crippen molar-refractivity contribution in [1.29, 1.82) is 0 Å². The molecule has 12 heavy (non-hydrogen) atoms. The zero-order valence-electron chi connectivity index (χ0n) is 6.99. The lowest BCUT2D eigenvalue weighted by atomic mass is 10.0. The zero-order chi connectivity index (χ0) is 8.97. The summed E-state index contributed by atoms with van der Waals surface area (Å²) in [6.07, 6.45) is 0.956. The molecule has 3 atom stereocenters. The van der Waals surface area contributed by atoms with E-state index >= 15 is 0 Å². The Balaban J connectivity index is 2.37. The average Bonchev–Trinajstić information content (AvgIpc) is 2.51. The summed E-state index contributed by atoms with van der Waals surface area (Å²) in [5.41, 5.74) is 0. The second-order valence-corrected chi connectivity index (χ2v) is 4.80. The van der Waals surface area contributed by atoms with Crippen molar-refractivity contribution in [1.82, 2.24) is 0 Å². The van der Waals surface area contributed by atoms with Gasteiger partial charge in [0.1, 0.15) is 10.0 Å². The normalized spacial score (nSPS) is 28.7. The van der Waals surface area contributed by atoms with Gasteiger partial charge in [0.15, 0.2) is 0 Å². The summed E-state index contributed by atoms with van der Waals surface area (Å²) in [7, 11) is 5.70. The summed E-state index contributed by atoms with van der Waals surface area (Å²) in [4.78, 5) is 0. The highest BCUT2D eigenvalue weighted by Gasteiger charge is 2.26. The van der Waals surface area contributed by atoms with Gasteiger partial charge in [-0.05, 0) is 17.1 Å². The molecule has 0 aromatic carbocycles. The third-order valence-electron chi connectivity index (χ3n) is 2.09. The van der Waals surface area contributed by atoms with E-state index in [1.54, 1.807) is 7.11 Å². The molecule has 1 saturated heterocycles. The van der Waals surface area contributed by atoms with E-state index in [0.717, 1.165) is 13.0 Å². The van der Waals surface area contributed by atoms with Gasteiger partial charge in [-0.1, -0.05) is 0 Å². The Morgan fingerprint density at radius 3 is 3.00 bits per heavy atom. The second kappa shape index (κ2) is 5.17. The minimum atomic E-state index is -1.30. The van der Waals surface area contributed by atoms with Crippen LogP contribution < -0.4 is 0 Å². The van der Waals surface area contributed by atoms with Crippen LogP contribution in [-0.2, 0) is 19.5 Å². The molecule has 72 valence electrons. The number of hydrogen-bond donors (Lipinski definition) is 0. The van der Waals surface area contributed by atoms with Crippen LogP contribution in [0.3, 0.4) is 0 Å². The van der Waals surface area contributed by atoms with E-state index in [0.29, 0.717) is 18.3 Å². The van der Waals surface area contributed by atoms with Crippen molar-refractivity contribution in [2.45, 2.75) is 12.5 Å². The van der Waals surface area contributed by atoms with Crippen LogP contribution in [-0.4, -0.2) is 36.4 Å². The van der Waals surface area contributed by atoms with E-state index in [4.69, 9.17) is 20.2 Å². The van der Waals surface area contributed by atoms with Crippen LogP contribution in [0.1, 0.15) is 6.42 Å². The van der Waals surface area contributed by atoms with E-state index in [1.165, 1.54) is 0 Å². The monoisotopic (exact) mass is 212 g/mol. The van der Waals surface area contributed by atoms with Crippen molar-refractivity contribution in [3.8, 4) is 0 Å². The van der Waals surface area contributed by atoms with Crippen LogP contribution in [0.25, 0.3) is 0 Å². The van der Waals surface area contributed by atoms with Crippen molar-refractivity contribution in [3.63, 3.8) is 0 Å². The molecule has 0 saturated carbocycles. The molecule has 0 amide bonds. The first-order valence-corrected chi connectivity index (χ1v) is 6.03. The van der Waals surface area contributed by atoms with Crippen molar-refractivity contribution < 1.29 is 13.7 Å². The maximum atomic E-state index is 10.7. The molecular formula is C7H13ClO3S. The Labute approximate surface area is 79.3 Å². The summed E-state index contributed by atoms with van der Waals surface area (Å²) < 4.78 is 21.1. The summed E-state index contributed by atoms with van der Waals surface area (Å²) in [6.45, 7) is 1.48. The predicted octanol–water partition coefficient (Wildman–Crippen LogP) is 0.940. The van der Waals surface area contributed by atoms with Crippen LogP contribution >= 0.6 is 10.7 Å². The van der Waals surface area contributed by atoms with Crippen LogP contribution in [0.4, 0.5) is 0 Å². The highest BCUT2D eigenvalue weighted by Crippen LogP contribution is 2.19. The summed E-state index contributed by atoms with van der Waals surface area (Å²) in [5, 5.41) is 0. The number of rotatable bonds is 4. The molecular weight excluding hydrogens is 200 g/mol. The lowest BCUT2D eigenvalue weighted by Crippen LogP contribution is -2.27. The molecule has 0 bridgehead atoms. The summed E-state index contributed by atoms with van der Waals surface area (Å²) >= 11 is 0. The van der Waals surface area contributed by atoms with Crippen LogP contribution in [0.5, 0.6) is 0 Å². The standard InChI is InChI=1S/C7H13ClO3S/c1-10-7(5-12(8)9)6-2-3-11-4-6/h6-7H,2-5H2,1H3. The summed E-state index contributed by atoms with van der Waals surface area (Å²) in [6, 6.07) is 0. The van der Waals surface area contributed by atoms with Crippen molar-refractivity contribution in [2.75, 3.05) is 26.1 Å². The second-order valence-electron chi connectivity index (χ2n) is 2.85. The fourth-order valence-corrected chi connectivity index (χ4v) is 2.41. The fraction of sp³-hybridized carbons (Fsp3) is 1.00. The Bertz CT molecular complexity index is 159. The Morgan fingerprint density at radius 1 is 1.83 bits per heavy atom. The minimum Gasteiger partial charge on any atom is -0.381 e. The number of halogens is 1. The van der Waals surface area contributed by atoms with Gasteiger partial charge in [-0.25, -0.2) is 4.21 Å². The van der Waals surface area contributed by atoms with E-state index < -0.39 is 10.0 Å². The number of methoxy groups -OCH3 is 1. The predicted molar refractivity (Wildman–Crippen MR) is 48.6 cm³/mol. The molecule has 1 rings (SSSR count). The van der Waals surface area contributed by atoms with Gasteiger partial charge in [-0.15, -0.1) is 0 Å². The van der Waals surface area contributed by atoms with Gasteiger partial charge in [-0.3, -0.25) is 0 Å². The topological polar surface area (TPSA) is 35.5 Å². The smallest absolute Gasteiger partial charge is 0.117 e. The minimum absolute atomic E-state index is 0.0224. The Kier molecular flexibility index (Phi) is 4.50. The molecule has 1 fully saturated rings. The van der Waals surface area contributed by atoms with Gasteiger partial charge in [0, 0.05) is 19.6 Å². The molecule has 1 aliphatic rings. The molecule has 0 aromatic heterocycles. The Hall–Kier alpha value is 0.360. The lowest BCUT2D eigenvalue weighted by Gasteiger charge is -2.18. The van der Waals surface area contributed by atoms with Gasteiger partial charge in [0.05, 0.1) is 18.5 Å². The van der Waals surface area contributed by atoms with E-state index in [1.807, 2.05) is 0 Å². The first-order valence-electron chi connectivity index (χ1n) is 3.89. The maximum absolute atomic E-state index is 10.7. The third-order valence-corrected chi connectivity index (χ3v) is 3.06. The van der Waals surface area contributed by atoms with Crippen LogP contribution in [0.2, 0.25) is 0 Å². The first kappa shape index (κ1) is 10.4. The van der Waals surface area contributed by atoms with Gasteiger partial charge < -0.3 is 9.47 Å². The first-order chi connectivity index (χ1) is 5.74. The third kappa shape index (κ3) is 3.01. The molecule has 1 heterocycles. The highest BCUT2D eigenvalue weighted by molar-refractivity contribution is 8.08. The van der Waals surface area contributed by atoms with E-state index in [2.05, 4.69) is 0 Å². The quantitative estimate of drug-likeness (QED) is 0.651. The van der Waals surface area contributed by atoms with Crippen LogP contribution in [0.15, 0.2) is 0 Å². The van der Waals surface area contributed by atoms with Crippen molar-refractivity contribution >= 4 is 20.7 Å². The van der Waals surface area contributed by atoms with Gasteiger partial charge >= 0.3 is 0 Å². The molecule has 0 spiro atoms. The summed E-state index contributed by atoms with van der Waals surface area (Å²) in [5.74, 6) is 0.754. The molecule has 3 unspecified atom stereocenters. The van der Waals surface area contributed by atoms with Crippen molar-refractivity contribution in [3.05, 3.63) is 0 Å². The number of ether oxygens (including phenoxy) is 2. The lowest BCUT2D eigenvalue weighted by molar-refractivity contribution is 0.0619. The highest BCUT2D eigenvalue weighted by atomic mass is 35.7. The zero-order valence-corrected chi connectivity index (χ0v) is 8.57. The number of hydrogen-bond acceptors (Lipinski definition) is 3. The fourth-order valence-electron chi connectivity index (χ4n) is 1.37. The van der Waals surface area contributed by atoms with Gasteiger partial charge in [0.25, 0.3) is 0 Å². The average molecular weight is 213 g/mol. The van der Waals surface area contributed by atoms with E-state index in [9.17, 15) is 4.21 Å². The maximum Gasteiger partial charge on any atom is 0.117 e. The molecule has 0 N–H and O–H groups in total. The SMILES string of the molecule is COC(CS(=O)Cl)C1CCOC1. The van der Waals surface area contributed by atoms with Crippen LogP contribution in [0, 0.1) is 5.92 Å². The molecule has 3 nitrogen and oxygen atoms in total. The molecule has 0 aromatic rings. The van der Waals surface area contributed by atoms with E-state index in [-0.39, 0.29) is 6.10 Å². The van der Waals surface area contributed by atoms with Gasteiger partial charge in [0.2, 0.25) is 0 Å².